The van der Waals surface area contributed by atoms with Crippen molar-refractivity contribution < 1.29 is 14.6 Å². The zero-order valence-electron chi connectivity index (χ0n) is 24.8. The van der Waals surface area contributed by atoms with Crippen LogP contribution in [0.15, 0.2) is 11.6 Å². The molecule has 4 heteroatoms. The molecule has 0 bridgehead atoms. The summed E-state index contributed by atoms with van der Waals surface area (Å²) in [6, 6.07) is 0. The van der Waals surface area contributed by atoms with Crippen LogP contribution >= 0.6 is 0 Å². The molecule has 1 saturated heterocycles. The highest BCUT2D eigenvalue weighted by molar-refractivity contribution is 5.76. The summed E-state index contributed by atoms with van der Waals surface area (Å²) in [6.45, 7) is 13.0. The Morgan fingerprint density at radius 3 is 2.53 bits per heavy atom. The summed E-state index contributed by atoms with van der Waals surface area (Å²) in [5, 5.41) is 10.3. The normalized spacial score (nSPS) is 40.9. The van der Waals surface area contributed by atoms with E-state index in [4.69, 9.17) is 11.2 Å². The minimum Gasteiger partial charge on any atom is -0.393 e. The number of piperidine rings is 1. The molecule has 212 valence electrons. The quantitative estimate of drug-likeness (QED) is 0.309. The Morgan fingerprint density at radius 2 is 1.84 bits per heavy atom. The number of likely N-dealkylation sites (tertiary alicyclic amines) is 1. The van der Waals surface area contributed by atoms with Gasteiger partial charge in [-0.3, -0.25) is 4.79 Å². The Labute approximate surface area is 232 Å². The Hall–Kier alpha value is -1.31. The maximum absolute atomic E-state index is 13.2. The molecule has 1 aliphatic heterocycles. The third kappa shape index (κ3) is 4.89. The van der Waals surface area contributed by atoms with Crippen molar-refractivity contribution in [3.05, 3.63) is 11.6 Å². The molecule has 4 aliphatic carbocycles. The third-order valence-electron chi connectivity index (χ3n) is 12.3. The lowest BCUT2D eigenvalue weighted by Gasteiger charge is -2.58. The van der Waals surface area contributed by atoms with Crippen molar-refractivity contribution in [2.75, 3.05) is 13.1 Å². The maximum Gasteiger partial charge on any atom is 0.222 e. The molecule has 4 fully saturated rings. The van der Waals surface area contributed by atoms with Crippen molar-refractivity contribution in [1.29, 1.82) is 0 Å². The van der Waals surface area contributed by atoms with Crippen LogP contribution in [0.2, 0.25) is 0 Å². The number of hydrogen-bond donors (Lipinski definition) is 1. The molecule has 4 nitrogen and oxygen atoms in total. The summed E-state index contributed by atoms with van der Waals surface area (Å²) < 4.78 is 6.07. The zero-order valence-corrected chi connectivity index (χ0v) is 24.8. The minimum absolute atomic E-state index is 0.103. The predicted octanol–water partition coefficient (Wildman–Crippen LogP) is 6.76. The van der Waals surface area contributed by atoms with Crippen molar-refractivity contribution in [3.8, 4) is 12.3 Å². The number of fused-ring (bicyclic) bond motifs is 5. The largest absolute Gasteiger partial charge is 0.393 e. The summed E-state index contributed by atoms with van der Waals surface area (Å²) in [5.41, 5.74) is 1.78. The number of amides is 1. The van der Waals surface area contributed by atoms with Crippen molar-refractivity contribution in [3.63, 3.8) is 0 Å². The Balaban J connectivity index is 1.17. The van der Waals surface area contributed by atoms with Crippen LogP contribution in [0.3, 0.4) is 0 Å². The van der Waals surface area contributed by atoms with Gasteiger partial charge in [-0.1, -0.05) is 38.3 Å². The molecule has 1 N–H and O–H groups in total. The minimum atomic E-state index is -0.506. The summed E-state index contributed by atoms with van der Waals surface area (Å²) >= 11 is 0. The van der Waals surface area contributed by atoms with E-state index in [2.05, 4.69) is 32.8 Å². The molecule has 0 aromatic heterocycles. The van der Waals surface area contributed by atoms with Crippen molar-refractivity contribution >= 4 is 5.91 Å². The average Bonchev–Trinajstić information content (AvgIpc) is 3.25. The van der Waals surface area contributed by atoms with E-state index in [-0.39, 0.29) is 12.2 Å². The molecule has 5 rings (SSSR count). The van der Waals surface area contributed by atoms with Gasteiger partial charge in [-0.25, -0.2) is 0 Å². The van der Waals surface area contributed by atoms with E-state index >= 15 is 0 Å². The SMILES string of the molecule is C#CC1(OC(C)C)CCN(C(=O)CC[C@@H](C)[C@H]2CC[C@H]3[C@@H]4CC=C5C[C@@H](O)CC[C@]5(C)[C@H]4CC[C@]23C)CC1. The highest BCUT2D eigenvalue weighted by Gasteiger charge is 2.59. The Morgan fingerprint density at radius 1 is 1.11 bits per heavy atom. The van der Waals surface area contributed by atoms with E-state index in [1.807, 2.05) is 18.7 Å². The second kappa shape index (κ2) is 10.6. The second-order valence-corrected chi connectivity index (χ2v) is 14.6. The van der Waals surface area contributed by atoms with Gasteiger partial charge in [-0.05, 0) is 112 Å². The van der Waals surface area contributed by atoms with Crippen LogP contribution in [0.25, 0.3) is 0 Å². The third-order valence-corrected chi connectivity index (χ3v) is 12.3. The van der Waals surface area contributed by atoms with Gasteiger partial charge in [0.2, 0.25) is 5.91 Å². The summed E-state index contributed by atoms with van der Waals surface area (Å²) in [5.74, 6) is 6.90. The fraction of sp³-hybridized carbons (Fsp3) is 0.853. The van der Waals surface area contributed by atoms with Gasteiger partial charge >= 0.3 is 0 Å². The van der Waals surface area contributed by atoms with Gasteiger partial charge in [0.15, 0.2) is 0 Å². The standard InChI is InChI=1S/C34H53NO3/c1-7-34(38-23(2)3)18-20-35(21-19-34)31(37)13-8-24(4)28-11-12-29-27-10-9-25-22-26(36)14-16-32(25,5)30(27)15-17-33(28,29)6/h1,9,23-24,26-30,36H,8,10-22H2,2-6H3/t24-,26+,27+,28-,29+,30+,32+,33-/m1/s1. The zero-order chi connectivity index (χ0) is 27.3. The summed E-state index contributed by atoms with van der Waals surface area (Å²) in [6.07, 6.45) is 21.1. The number of terminal acetylenes is 1. The number of rotatable bonds is 6. The molecular formula is C34H53NO3. The van der Waals surface area contributed by atoms with E-state index in [0.717, 1.165) is 62.2 Å². The summed E-state index contributed by atoms with van der Waals surface area (Å²) in [7, 11) is 0. The van der Waals surface area contributed by atoms with Crippen molar-refractivity contribution in [2.45, 2.75) is 129 Å². The van der Waals surface area contributed by atoms with Crippen LogP contribution < -0.4 is 0 Å². The van der Waals surface area contributed by atoms with Gasteiger partial charge in [0.1, 0.15) is 5.60 Å². The first-order chi connectivity index (χ1) is 18.0. The molecule has 0 aromatic carbocycles. The Bertz CT molecular complexity index is 955. The first-order valence-corrected chi connectivity index (χ1v) is 15.8. The summed E-state index contributed by atoms with van der Waals surface area (Å²) in [4.78, 5) is 15.2. The smallest absolute Gasteiger partial charge is 0.222 e. The average molecular weight is 524 g/mol. The van der Waals surface area contributed by atoms with Crippen molar-refractivity contribution in [1.82, 2.24) is 4.90 Å². The lowest BCUT2D eigenvalue weighted by atomic mass is 9.47. The highest BCUT2D eigenvalue weighted by Crippen LogP contribution is 2.67. The lowest BCUT2D eigenvalue weighted by molar-refractivity contribution is -0.137. The fourth-order valence-corrected chi connectivity index (χ4v) is 10.2. The van der Waals surface area contributed by atoms with E-state index < -0.39 is 5.60 Å². The molecule has 1 amide bonds. The molecule has 0 unspecified atom stereocenters. The number of hydrogen-bond acceptors (Lipinski definition) is 3. The number of ether oxygens (including phenoxy) is 1. The first kappa shape index (κ1) is 28.2. The monoisotopic (exact) mass is 523 g/mol. The lowest BCUT2D eigenvalue weighted by Crippen LogP contribution is -2.51. The van der Waals surface area contributed by atoms with Crippen LogP contribution in [-0.4, -0.2) is 46.8 Å². The Kier molecular flexibility index (Phi) is 7.86. The molecule has 0 aromatic rings. The molecule has 1 heterocycles. The van der Waals surface area contributed by atoms with Gasteiger partial charge in [0.05, 0.1) is 12.2 Å². The predicted molar refractivity (Wildman–Crippen MR) is 153 cm³/mol. The number of aliphatic hydroxyl groups excluding tert-OH is 1. The molecular weight excluding hydrogens is 470 g/mol. The van der Waals surface area contributed by atoms with Crippen LogP contribution in [0, 0.1) is 52.8 Å². The fourth-order valence-electron chi connectivity index (χ4n) is 10.2. The number of aliphatic hydroxyl groups is 1. The van der Waals surface area contributed by atoms with E-state index in [1.165, 1.54) is 32.1 Å². The van der Waals surface area contributed by atoms with E-state index in [9.17, 15) is 9.90 Å². The maximum atomic E-state index is 13.2. The number of allylic oxidation sites excluding steroid dienone is 1. The van der Waals surface area contributed by atoms with Crippen LogP contribution in [0.5, 0.6) is 0 Å². The number of carbonyl (C=O) groups is 1. The molecule has 0 spiro atoms. The topological polar surface area (TPSA) is 49.8 Å². The van der Waals surface area contributed by atoms with Crippen molar-refractivity contribution in [2.24, 2.45) is 40.4 Å². The molecule has 38 heavy (non-hydrogen) atoms. The van der Waals surface area contributed by atoms with E-state index in [1.54, 1.807) is 5.57 Å². The highest BCUT2D eigenvalue weighted by atomic mass is 16.5. The van der Waals surface area contributed by atoms with Gasteiger partial charge in [0.25, 0.3) is 0 Å². The van der Waals surface area contributed by atoms with Gasteiger partial charge in [-0.15, -0.1) is 6.42 Å². The van der Waals surface area contributed by atoms with Crippen LogP contribution in [0.4, 0.5) is 0 Å². The second-order valence-electron chi connectivity index (χ2n) is 14.6. The van der Waals surface area contributed by atoms with Gasteiger partial charge in [0, 0.05) is 32.4 Å². The molecule has 0 radical (unpaired) electrons. The first-order valence-electron chi connectivity index (χ1n) is 15.8. The van der Waals surface area contributed by atoms with E-state index in [0.29, 0.717) is 42.2 Å². The van der Waals surface area contributed by atoms with Crippen LogP contribution in [-0.2, 0) is 9.53 Å². The number of nitrogens with zero attached hydrogens (tertiary/aromatic N) is 1. The van der Waals surface area contributed by atoms with Crippen LogP contribution in [0.1, 0.15) is 112 Å². The molecule has 8 atom stereocenters. The van der Waals surface area contributed by atoms with Gasteiger partial charge < -0.3 is 14.7 Å². The van der Waals surface area contributed by atoms with Gasteiger partial charge in [-0.2, -0.15) is 0 Å². The molecule has 5 aliphatic rings. The molecule has 3 saturated carbocycles. The number of carbonyl (C=O) groups excluding carboxylic acids is 1.